The van der Waals surface area contributed by atoms with Crippen LogP contribution in [0.2, 0.25) is 0 Å². The van der Waals surface area contributed by atoms with Crippen molar-refractivity contribution >= 4 is 25.4 Å². The zero-order valence-electron chi connectivity index (χ0n) is 7.47. The summed E-state index contributed by atoms with van der Waals surface area (Å²) in [6.45, 7) is 1.37. The lowest BCUT2D eigenvalue weighted by Crippen LogP contribution is -1.97. The highest BCUT2D eigenvalue weighted by Gasteiger charge is 2.22. The number of rotatable bonds is 2. The molecule has 1 aromatic rings. The van der Waals surface area contributed by atoms with E-state index < -0.39 is 25.4 Å². The van der Waals surface area contributed by atoms with Crippen LogP contribution in [0.3, 0.4) is 0 Å². The van der Waals surface area contributed by atoms with Gasteiger partial charge >= 0.3 is 5.69 Å². The number of nitro benzene ring substituents is 1. The van der Waals surface area contributed by atoms with Crippen molar-refractivity contribution in [3.05, 3.63) is 27.8 Å². The van der Waals surface area contributed by atoms with Gasteiger partial charge in [-0.15, -0.1) is 0 Å². The van der Waals surface area contributed by atoms with Gasteiger partial charge in [0.1, 0.15) is 0 Å². The first kappa shape index (κ1) is 11.7. The fourth-order valence-electron chi connectivity index (χ4n) is 1.07. The molecule has 0 fully saturated rings. The molecule has 0 radical (unpaired) electrons. The molecule has 0 aliphatic carbocycles. The molecule has 0 aliphatic heterocycles. The number of hydrogen-bond acceptors (Lipinski definition) is 5. The van der Waals surface area contributed by atoms with Crippen molar-refractivity contribution in [2.45, 2.75) is 11.8 Å². The van der Waals surface area contributed by atoms with E-state index in [-0.39, 0.29) is 10.5 Å². The summed E-state index contributed by atoms with van der Waals surface area (Å²) in [5.41, 5.74) is -0.548. The Kier molecular flexibility index (Phi) is 2.87. The number of nitrogens with zero attached hydrogens (tertiary/aromatic N) is 1. The predicted molar refractivity (Wildman–Crippen MR) is 52.5 cm³/mol. The first-order chi connectivity index (χ1) is 6.73. The average Bonchev–Trinajstić information content (AvgIpc) is 2.00. The third-order valence-electron chi connectivity index (χ3n) is 1.73. The fraction of sp³-hybridized carbons (Fsp3) is 0.143. The molecule has 1 N–H and O–H groups in total. The van der Waals surface area contributed by atoms with Crippen molar-refractivity contribution in [2.24, 2.45) is 0 Å². The molecule has 0 saturated heterocycles. The van der Waals surface area contributed by atoms with E-state index >= 15 is 0 Å². The molecular weight excluding hydrogens is 246 g/mol. The molecule has 0 spiro atoms. The minimum absolute atomic E-state index is 0.146. The highest BCUT2D eigenvalue weighted by atomic mass is 35.7. The van der Waals surface area contributed by atoms with E-state index in [4.69, 9.17) is 10.7 Å². The van der Waals surface area contributed by atoms with E-state index in [9.17, 15) is 23.6 Å². The van der Waals surface area contributed by atoms with Crippen LogP contribution < -0.4 is 0 Å². The monoisotopic (exact) mass is 251 g/mol. The van der Waals surface area contributed by atoms with Gasteiger partial charge < -0.3 is 5.11 Å². The van der Waals surface area contributed by atoms with Crippen LogP contribution in [0.15, 0.2) is 17.0 Å². The molecule has 0 aromatic heterocycles. The summed E-state index contributed by atoms with van der Waals surface area (Å²) >= 11 is 0. The average molecular weight is 252 g/mol. The molecule has 15 heavy (non-hydrogen) atoms. The third kappa shape index (κ3) is 2.37. The van der Waals surface area contributed by atoms with Crippen LogP contribution in [-0.2, 0) is 9.05 Å². The van der Waals surface area contributed by atoms with Crippen LogP contribution in [0.4, 0.5) is 5.69 Å². The Morgan fingerprint density at radius 1 is 1.47 bits per heavy atom. The smallest absolute Gasteiger partial charge is 0.312 e. The number of benzene rings is 1. The van der Waals surface area contributed by atoms with E-state index in [0.29, 0.717) is 0 Å². The Morgan fingerprint density at radius 3 is 2.40 bits per heavy atom. The maximum absolute atomic E-state index is 11.0. The SMILES string of the molecule is Cc1cc(O)c([N+](=O)[O-])cc1S(=O)(=O)Cl. The molecule has 82 valence electrons. The van der Waals surface area contributed by atoms with E-state index in [1.807, 2.05) is 0 Å². The van der Waals surface area contributed by atoms with Crippen molar-refractivity contribution < 1.29 is 18.4 Å². The van der Waals surface area contributed by atoms with Gasteiger partial charge in [0.2, 0.25) is 0 Å². The van der Waals surface area contributed by atoms with Crippen LogP contribution in [0.1, 0.15) is 5.56 Å². The molecule has 1 aromatic carbocycles. The van der Waals surface area contributed by atoms with Gasteiger partial charge in [0, 0.05) is 16.7 Å². The number of halogens is 1. The molecule has 0 bridgehead atoms. The summed E-state index contributed by atoms with van der Waals surface area (Å²) in [6.07, 6.45) is 0. The van der Waals surface area contributed by atoms with Gasteiger partial charge in [0.15, 0.2) is 5.75 Å². The Bertz CT molecular complexity index is 524. The molecular formula is C7H6ClNO5S. The van der Waals surface area contributed by atoms with Gasteiger partial charge in [-0.3, -0.25) is 10.1 Å². The number of nitro groups is 1. The second-order valence-electron chi connectivity index (χ2n) is 2.80. The van der Waals surface area contributed by atoms with Crippen LogP contribution in [-0.4, -0.2) is 18.4 Å². The van der Waals surface area contributed by atoms with Crippen molar-refractivity contribution in [3.63, 3.8) is 0 Å². The Hall–Kier alpha value is -1.34. The molecule has 0 heterocycles. The maximum atomic E-state index is 11.0. The normalized spacial score (nSPS) is 11.3. The molecule has 6 nitrogen and oxygen atoms in total. The zero-order chi connectivity index (χ0) is 11.8. The molecule has 0 saturated carbocycles. The summed E-state index contributed by atoms with van der Waals surface area (Å²) in [5.74, 6) is -0.596. The van der Waals surface area contributed by atoms with Gasteiger partial charge in [-0.1, -0.05) is 0 Å². The molecule has 1 rings (SSSR count). The molecule has 0 atom stereocenters. The highest BCUT2D eigenvalue weighted by molar-refractivity contribution is 8.13. The van der Waals surface area contributed by atoms with Crippen molar-refractivity contribution in [3.8, 4) is 5.75 Å². The van der Waals surface area contributed by atoms with Crippen molar-refractivity contribution in [2.75, 3.05) is 0 Å². The quantitative estimate of drug-likeness (QED) is 0.488. The minimum Gasteiger partial charge on any atom is -0.502 e. The lowest BCUT2D eigenvalue weighted by molar-refractivity contribution is -0.386. The summed E-state index contributed by atoms with van der Waals surface area (Å²) in [5, 5.41) is 19.6. The molecule has 8 heteroatoms. The standard InChI is InChI=1S/C7H6ClNO5S/c1-4-2-6(10)5(9(11)12)3-7(4)15(8,13)14/h2-3,10H,1H3. The number of phenolic OH excluding ortho intramolecular Hbond substituents is 1. The van der Waals surface area contributed by atoms with Gasteiger partial charge in [0.25, 0.3) is 9.05 Å². The van der Waals surface area contributed by atoms with Gasteiger partial charge in [-0.05, 0) is 18.6 Å². The van der Waals surface area contributed by atoms with E-state index in [2.05, 4.69) is 0 Å². The first-order valence-electron chi connectivity index (χ1n) is 3.66. The summed E-state index contributed by atoms with van der Waals surface area (Å²) in [6, 6.07) is 1.71. The van der Waals surface area contributed by atoms with Gasteiger partial charge in [-0.25, -0.2) is 8.42 Å². The lowest BCUT2D eigenvalue weighted by atomic mass is 10.2. The van der Waals surface area contributed by atoms with Crippen molar-refractivity contribution in [1.82, 2.24) is 0 Å². The van der Waals surface area contributed by atoms with E-state index in [1.54, 1.807) is 0 Å². The largest absolute Gasteiger partial charge is 0.502 e. The second-order valence-corrected chi connectivity index (χ2v) is 5.34. The Labute approximate surface area is 89.7 Å². The predicted octanol–water partition coefficient (Wildman–Crippen LogP) is 1.54. The highest BCUT2D eigenvalue weighted by Crippen LogP contribution is 2.32. The van der Waals surface area contributed by atoms with Crippen LogP contribution >= 0.6 is 10.7 Å². The van der Waals surface area contributed by atoms with Crippen molar-refractivity contribution in [1.29, 1.82) is 0 Å². The first-order valence-corrected chi connectivity index (χ1v) is 5.97. The third-order valence-corrected chi connectivity index (χ3v) is 3.20. The lowest BCUT2D eigenvalue weighted by Gasteiger charge is -2.03. The maximum Gasteiger partial charge on any atom is 0.312 e. The van der Waals surface area contributed by atoms with E-state index in [1.165, 1.54) is 6.92 Å². The fourth-order valence-corrected chi connectivity index (χ4v) is 2.27. The Morgan fingerprint density at radius 2 is 2.00 bits per heavy atom. The number of aromatic hydroxyl groups is 1. The minimum atomic E-state index is -4.05. The topological polar surface area (TPSA) is 97.5 Å². The second kappa shape index (κ2) is 3.67. The van der Waals surface area contributed by atoms with Crippen LogP contribution in [0.25, 0.3) is 0 Å². The van der Waals surface area contributed by atoms with Gasteiger partial charge in [-0.2, -0.15) is 0 Å². The molecule has 0 unspecified atom stereocenters. The van der Waals surface area contributed by atoms with Crippen LogP contribution in [0.5, 0.6) is 5.75 Å². The summed E-state index contributed by atoms with van der Waals surface area (Å²) in [7, 11) is 1.01. The van der Waals surface area contributed by atoms with Gasteiger partial charge in [0.05, 0.1) is 9.82 Å². The summed E-state index contributed by atoms with van der Waals surface area (Å²) < 4.78 is 22.0. The molecule has 0 aliphatic rings. The van der Waals surface area contributed by atoms with Crippen LogP contribution in [0, 0.1) is 17.0 Å². The number of phenols is 1. The molecule has 0 amide bonds. The van der Waals surface area contributed by atoms with E-state index in [0.717, 1.165) is 12.1 Å². The number of hydrogen-bond donors (Lipinski definition) is 1. The zero-order valence-corrected chi connectivity index (χ0v) is 9.04. The Balaban J connectivity index is 3.58. The number of aryl methyl sites for hydroxylation is 1. The summed E-state index contributed by atoms with van der Waals surface area (Å²) in [4.78, 5) is 9.15.